The topological polar surface area (TPSA) is 44.6 Å². The Morgan fingerprint density at radius 3 is 3.00 bits per heavy atom. The molecule has 0 aliphatic carbocycles. The molecule has 2 atom stereocenters. The van der Waals surface area contributed by atoms with E-state index >= 15 is 0 Å². The van der Waals surface area contributed by atoms with E-state index in [2.05, 4.69) is 10.8 Å². The molecule has 0 aromatic carbocycles. The Morgan fingerprint density at radius 2 is 2.40 bits per heavy atom. The lowest BCUT2D eigenvalue weighted by molar-refractivity contribution is 0.0195. The average Bonchev–Trinajstić information content (AvgIpc) is 2.59. The minimum atomic E-state index is 0.113. The van der Waals surface area contributed by atoms with Gasteiger partial charge in [-0.05, 0) is 6.42 Å². The second-order valence-corrected chi connectivity index (χ2v) is 2.54. The van der Waals surface area contributed by atoms with Crippen LogP contribution in [0, 0.1) is 0 Å². The Balaban J connectivity index is 1.85. The smallest absolute Gasteiger partial charge is 0.128 e. The van der Waals surface area contributed by atoms with Crippen molar-refractivity contribution in [2.75, 3.05) is 19.8 Å². The van der Waals surface area contributed by atoms with Crippen molar-refractivity contribution in [3.8, 4) is 0 Å². The second-order valence-electron chi connectivity index (χ2n) is 2.54. The second kappa shape index (κ2) is 2.84. The van der Waals surface area contributed by atoms with Gasteiger partial charge in [-0.25, -0.2) is 0 Å². The first-order chi connectivity index (χ1) is 4.97. The zero-order chi connectivity index (χ0) is 6.81. The van der Waals surface area contributed by atoms with Gasteiger partial charge in [-0.3, -0.25) is 10.2 Å². The van der Waals surface area contributed by atoms with E-state index in [-0.39, 0.29) is 12.3 Å². The summed E-state index contributed by atoms with van der Waals surface area (Å²) in [4.78, 5) is 4.87. The molecule has 10 heavy (non-hydrogen) atoms. The van der Waals surface area contributed by atoms with Crippen LogP contribution < -0.4 is 10.8 Å². The summed E-state index contributed by atoms with van der Waals surface area (Å²) in [6.45, 7) is 2.49. The third-order valence-corrected chi connectivity index (χ3v) is 1.81. The van der Waals surface area contributed by atoms with Crippen LogP contribution in [0.25, 0.3) is 0 Å². The quantitative estimate of drug-likeness (QED) is 0.525. The highest BCUT2D eigenvalue weighted by Crippen LogP contribution is 2.11. The van der Waals surface area contributed by atoms with Crippen molar-refractivity contribution >= 4 is 0 Å². The van der Waals surface area contributed by atoms with Crippen LogP contribution in [-0.4, -0.2) is 32.0 Å². The summed E-state index contributed by atoms with van der Waals surface area (Å²) in [6.07, 6.45) is 1.10. The van der Waals surface area contributed by atoms with E-state index in [1.54, 1.807) is 0 Å². The van der Waals surface area contributed by atoms with Gasteiger partial charge in [0.15, 0.2) is 0 Å². The summed E-state index contributed by atoms with van der Waals surface area (Å²) in [5.74, 6) is 0. The molecule has 57 valence electrons. The van der Waals surface area contributed by atoms with Gasteiger partial charge < -0.3 is 4.74 Å². The number of hydrogen-bond acceptors (Lipinski definition) is 3. The van der Waals surface area contributed by atoms with Crippen molar-refractivity contribution in [2.24, 2.45) is 0 Å². The lowest BCUT2D eigenvalue weighted by Gasteiger charge is -2.13. The van der Waals surface area contributed by atoms with E-state index in [0.717, 1.165) is 26.2 Å². The zero-order valence-electron chi connectivity index (χ0n) is 5.75. The summed E-state index contributed by atoms with van der Waals surface area (Å²) in [5.41, 5.74) is 3.93. The minimum Gasteiger partial charge on any atom is -0.360 e. The van der Waals surface area contributed by atoms with Crippen molar-refractivity contribution < 1.29 is 9.57 Å². The molecule has 2 unspecified atom stereocenters. The molecule has 0 spiro atoms. The molecule has 2 heterocycles. The first-order valence-corrected chi connectivity index (χ1v) is 3.64. The largest absolute Gasteiger partial charge is 0.360 e. The van der Waals surface area contributed by atoms with Gasteiger partial charge in [0.1, 0.15) is 6.23 Å². The summed E-state index contributed by atoms with van der Waals surface area (Å²) >= 11 is 0. The van der Waals surface area contributed by atoms with Crippen LogP contribution in [0.15, 0.2) is 0 Å². The number of nitrogens with zero attached hydrogens (tertiary/aromatic N) is 1. The van der Waals surface area contributed by atoms with Gasteiger partial charge in [0, 0.05) is 6.54 Å². The molecule has 0 saturated carbocycles. The number of ether oxygens (including phenoxy) is 1. The maximum atomic E-state index is 5.35. The van der Waals surface area contributed by atoms with Crippen LogP contribution >= 0.6 is 0 Å². The van der Waals surface area contributed by atoms with Crippen molar-refractivity contribution in [2.45, 2.75) is 18.7 Å². The fraction of sp³-hybridized carbons (Fsp3) is 1.00. The minimum absolute atomic E-state index is 0.113. The molecule has 0 aromatic heterocycles. The summed E-state index contributed by atoms with van der Waals surface area (Å²) in [7, 11) is 0. The summed E-state index contributed by atoms with van der Waals surface area (Å²) in [6, 6.07) is 0.225. The van der Waals surface area contributed by atoms with Crippen LogP contribution in [0.4, 0.5) is 0 Å². The van der Waals surface area contributed by atoms with Crippen LogP contribution in [0.2, 0.25) is 0 Å². The van der Waals surface area contributed by atoms with Crippen molar-refractivity contribution in [3.05, 3.63) is 0 Å². The molecule has 4 heteroatoms. The standard InChI is InChI=1S/C6H11N2O2/c1-3-10-8-5(1)6-7-2-4-9-6/h5-7H,1-4H2. The van der Waals surface area contributed by atoms with Crippen LogP contribution in [0.3, 0.4) is 0 Å². The van der Waals surface area contributed by atoms with E-state index in [1.807, 2.05) is 0 Å². The highest BCUT2D eigenvalue weighted by atomic mass is 16.7. The Morgan fingerprint density at radius 1 is 1.40 bits per heavy atom. The molecule has 2 aliphatic rings. The molecule has 0 bridgehead atoms. The Bertz CT molecular complexity index is 94.3. The molecule has 2 aliphatic heterocycles. The lowest BCUT2D eigenvalue weighted by atomic mass is 10.2. The van der Waals surface area contributed by atoms with E-state index in [4.69, 9.17) is 9.57 Å². The van der Waals surface area contributed by atoms with Gasteiger partial charge >= 0.3 is 0 Å². The predicted molar refractivity (Wildman–Crippen MR) is 34.2 cm³/mol. The van der Waals surface area contributed by atoms with E-state index in [9.17, 15) is 0 Å². The first kappa shape index (κ1) is 6.54. The Kier molecular flexibility index (Phi) is 1.86. The predicted octanol–water partition coefficient (Wildman–Crippen LogP) is -0.759. The van der Waals surface area contributed by atoms with Crippen LogP contribution in [-0.2, 0) is 9.57 Å². The van der Waals surface area contributed by atoms with E-state index in [0.29, 0.717) is 0 Å². The fourth-order valence-electron chi connectivity index (χ4n) is 1.27. The molecule has 2 saturated heterocycles. The molecule has 0 amide bonds. The molecule has 2 fully saturated rings. The summed E-state index contributed by atoms with van der Waals surface area (Å²) < 4.78 is 5.35. The Labute approximate surface area is 59.8 Å². The van der Waals surface area contributed by atoms with Crippen molar-refractivity contribution in [1.29, 1.82) is 0 Å². The Hall–Kier alpha value is -0.160. The van der Waals surface area contributed by atoms with Crippen molar-refractivity contribution in [1.82, 2.24) is 10.8 Å². The molecular weight excluding hydrogens is 132 g/mol. The molecular formula is C6H11N2O2. The lowest BCUT2D eigenvalue weighted by Crippen LogP contribution is -2.38. The molecule has 4 nitrogen and oxygen atoms in total. The maximum Gasteiger partial charge on any atom is 0.128 e. The van der Waals surface area contributed by atoms with Gasteiger partial charge in [0.25, 0.3) is 0 Å². The average molecular weight is 143 g/mol. The van der Waals surface area contributed by atoms with Gasteiger partial charge in [0.2, 0.25) is 0 Å². The highest BCUT2D eigenvalue weighted by Gasteiger charge is 2.29. The van der Waals surface area contributed by atoms with Crippen LogP contribution in [0.5, 0.6) is 0 Å². The third-order valence-electron chi connectivity index (χ3n) is 1.81. The van der Waals surface area contributed by atoms with E-state index < -0.39 is 0 Å². The third kappa shape index (κ3) is 1.15. The number of hydroxylamine groups is 1. The van der Waals surface area contributed by atoms with Gasteiger partial charge in [0.05, 0.1) is 19.3 Å². The molecule has 0 aromatic rings. The van der Waals surface area contributed by atoms with Gasteiger partial charge in [-0.2, -0.15) is 0 Å². The van der Waals surface area contributed by atoms with Gasteiger partial charge in [-0.1, -0.05) is 5.48 Å². The SMILES string of the molecule is C1COC(C2CCO[N]2)N1. The maximum absolute atomic E-state index is 5.35. The number of nitrogens with one attached hydrogen (secondary N) is 1. The first-order valence-electron chi connectivity index (χ1n) is 3.64. The highest BCUT2D eigenvalue weighted by molar-refractivity contribution is 4.78. The number of hydrogen-bond donors (Lipinski definition) is 1. The zero-order valence-corrected chi connectivity index (χ0v) is 5.75. The fourth-order valence-corrected chi connectivity index (χ4v) is 1.27. The normalized spacial score (nSPS) is 40.8. The van der Waals surface area contributed by atoms with Crippen molar-refractivity contribution in [3.63, 3.8) is 0 Å². The monoisotopic (exact) mass is 143 g/mol. The molecule has 1 radical (unpaired) electrons. The van der Waals surface area contributed by atoms with E-state index in [1.165, 1.54) is 0 Å². The summed E-state index contributed by atoms with van der Waals surface area (Å²) in [5, 5.41) is 3.20. The van der Waals surface area contributed by atoms with Crippen LogP contribution in [0.1, 0.15) is 6.42 Å². The molecule has 1 N–H and O–H groups in total. The number of rotatable bonds is 1. The molecule has 2 rings (SSSR count). The van der Waals surface area contributed by atoms with Gasteiger partial charge in [-0.15, -0.1) is 0 Å².